The Kier molecular flexibility index (Phi) is 3.14. The molecule has 0 aliphatic carbocycles. The lowest BCUT2D eigenvalue weighted by atomic mass is 9.86. The number of amides is 2. The van der Waals surface area contributed by atoms with E-state index in [-0.39, 0.29) is 31.2 Å². The Bertz CT molecular complexity index is 1150. The van der Waals surface area contributed by atoms with Crippen LogP contribution in [0.5, 0.6) is 11.5 Å². The van der Waals surface area contributed by atoms with E-state index < -0.39 is 6.04 Å². The Morgan fingerprint density at radius 2 is 1.93 bits per heavy atom. The SMILES string of the molecule is O=C1[NH2+]CC(=O)N2C1Cc1c([nH]c3ccccc13)C2c1ccc2c(c1)OCO2. The summed E-state index contributed by atoms with van der Waals surface area (Å²) in [6.45, 7) is 0.339. The number of para-hydroxylation sites is 1. The van der Waals surface area contributed by atoms with Gasteiger partial charge in [-0.3, -0.25) is 10.1 Å². The standard InChI is InChI=1S/C21H17N3O4/c25-18-9-22-21(26)15-8-13-12-3-1-2-4-14(12)23-19(13)20(24(15)18)11-5-6-16-17(7-11)28-10-27-16/h1-7,15,20,23H,8-10H2,(H,22,26)/p+1. The van der Waals surface area contributed by atoms with Crippen molar-refractivity contribution >= 4 is 22.7 Å². The van der Waals surface area contributed by atoms with E-state index in [4.69, 9.17) is 9.47 Å². The predicted molar refractivity (Wildman–Crippen MR) is 98.8 cm³/mol. The van der Waals surface area contributed by atoms with Crippen molar-refractivity contribution in [2.24, 2.45) is 0 Å². The van der Waals surface area contributed by atoms with Gasteiger partial charge in [0.1, 0.15) is 0 Å². The summed E-state index contributed by atoms with van der Waals surface area (Å²) >= 11 is 0. The summed E-state index contributed by atoms with van der Waals surface area (Å²) in [6, 6.07) is 13.0. The molecule has 4 heterocycles. The summed E-state index contributed by atoms with van der Waals surface area (Å²) in [6.07, 6.45) is 0.529. The summed E-state index contributed by atoms with van der Waals surface area (Å²) in [5.41, 5.74) is 4.00. The Balaban J connectivity index is 1.60. The number of aromatic amines is 1. The fourth-order valence-corrected chi connectivity index (χ4v) is 4.68. The number of ether oxygens (including phenoxy) is 2. The molecule has 6 rings (SSSR count). The Morgan fingerprint density at radius 3 is 2.86 bits per heavy atom. The number of aromatic nitrogens is 1. The van der Waals surface area contributed by atoms with Gasteiger partial charge in [0.15, 0.2) is 24.1 Å². The monoisotopic (exact) mass is 376 g/mol. The van der Waals surface area contributed by atoms with Crippen molar-refractivity contribution in [3.63, 3.8) is 0 Å². The highest BCUT2D eigenvalue weighted by atomic mass is 16.7. The van der Waals surface area contributed by atoms with Crippen molar-refractivity contribution in [2.45, 2.75) is 18.5 Å². The van der Waals surface area contributed by atoms with E-state index in [0.717, 1.165) is 27.7 Å². The first-order valence-electron chi connectivity index (χ1n) is 9.38. The lowest BCUT2D eigenvalue weighted by Gasteiger charge is -2.42. The quantitative estimate of drug-likeness (QED) is 0.659. The lowest BCUT2D eigenvalue weighted by Crippen LogP contribution is -2.97. The minimum absolute atomic E-state index is 0.0151. The number of rotatable bonds is 1. The molecule has 28 heavy (non-hydrogen) atoms. The topological polar surface area (TPSA) is 88.2 Å². The average Bonchev–Trinajstić information content (AvgIpc) is 3.33. The Hall–Kier alpha value is -3.32. The van der Waals surface area contributed by atoms with E-state index in [0.29, 0.717) is 17.9 Å². The molecule has 0 radical (unpaired) electrons. The highest BCUT2D eigenvalue weighted by molar-refractivity contribution is 5.92. The largest absolute Gasteiger partial charge is 0.454 e. The predicted octanol–water partition coefficient (Wildman–Crippen LogP) is 0.843. The normalized spacial score (nSPS) is 23.1. The van der Waals surface area contributed by atoms with E-state index >= 15 is 0 Å². The van der Waals surface area contributed by atoms with Crippen LogP contribution in [0.15, 0.2) is 42.5 Å². The second-order valence-electron chi connectivity index (χ2n) is 7.41. The van der Waals surface area contributed by atoms with Crippen molar-refractivity contribution in [1.82, 2.24) is 9.88 Å². The van der Waals surface area contributed by atoms with Crippen molar-refractivity contribution in [1.29, 1.82) is 0 Å². The third-order valence-electron chi connectivity index (χ3n) is 5.94. The van der Waals surface area contributed by atoms with Gasteiger partial charge in [-0.15, -0.1) is 0 Å². The van der Waals surface area contributed by atoms with E-state index in [1.165, 1.54) is 5.32 Å². The average molecular weight is 376 g/mol. The van der Waals surface area contributed by atoms with Gasteiger partial charge in [0.2, 0.25) is 6.79 Å². The third kappa shape index (κ3) is 2.07. The van der Waals surface area contributed by atoms with E-state index in [1.54, 1.807) is 4.90 Å². The summed E-state index contributed by atoms with van der Waals surface area (Å²) in [7, 11) is 0. The molecule has 0 saturated carbocycles. The zero-order chi connectivity index (χ0) is 18.8. The second-order valence-corrected chi connectivity index (χ2v) is 7.41. The number of nitrogens with zero attached hydrogens (tertiary/aromatic N) is 1. The number of fused-ring (bicyclic) bond motifs is 5. The fraction of sp³-hybridized carbons (Fsp3) is 0.238. The van der Waals surface area contributed by atoms with Gasteiger partial charge in [-0.2, -0.15) is 0 Å². The number of quaternary nitrogens is 1. The van der Waals surface area contributed by atoms with Crippen molar-refractivity contribution in [3.05, 3.63) is 59.3 Å². The number of benzene rings is 2. The van der Waals surface area contributed by atoms with Crippen LogP contribution in [0.3, 0.4) is 0 Å². The summed E-state index contributed by atoms with van der Waals surface area (Å²) in [5, 5.41) is 2.63. The van der Waals surface area contributed by atoms with Gasteiger partial charge in [-0.05, 0) is 29.3 Å². The molecular weight excluding hydrogens is 358 g/mol. The van der Waals surface area contributed by atoms with Gasteiger partial charge in [-0.1, -0.05) is 24.3 Å². The first-order chi connectivity index (χ1) is 13.7. The number of primary amides is 1. The molecule has 0 spiro atoms. The van der Waals surface area contributed by atoms with Crippen LogP contribution in [0.1, 0.15) is 22.9 Å². The molecule has 3 N–H and O–H groups in total. The zero-order valence-electron chi connectivity index (χ0n) is 15.0. The molecule has 140 valence electrons. The van der Waals surface area contributed by atoms with Crippen LogP contribution in [0.2, 0.25) is 0 Å². The van der Waals surface area contributed by atoms with Crippen LogP contribution < -0.4 is 14.8 Å². The summed E-state index contributed by atoms with van der Waals surface area (Å²) in [5.74, 6) is 1.35. The number of hydrogen-bond donors (Lipinski definition) is 2. The van der Waals surface area contributed by atoms with Gasteiger partial charge in [0, 0.05) is 23.0 Å². The molecular formula is C21H18N3O4+. The minimum Gasteiger partial charge on any atom is -0.454 e. The van der Waals surface area contributed by atoms with Crippen LogP contribution in [0.4, 0.5) is 0 Å². The number of nitrogens with one attached hydrogen (secondary N) is 1. The molecule has 7 heteroatoms. The highest BCUT2D eigenvalue weighted by Gasteiger charge is 2.48. The third-order valence-corrected chi connectivity index (χ3v) is 5.94. The summed E-state index contributed by atoms with van der Waals surface area (Å²) in [4.78, 5) is 30.9. The molecule has 2 atom stereocenters. The van der Waals surface area contributed by atoms with Crippen molar-refractivity contribution in [2.75, 3.05) is 13.3 Å². The molecule has 2 amide bonds. The van der Waals surface area contributed by atoms with Crippen LogP contribution >= 0.6 is 0 Å². The number of carbonyl (C=O) groups is 2. The highest BCUT2D eigenvalue weighted by Crippen LogP contribution is 2.43. The maximum Gasteiger partial charge on any atom is 0.333 e. The van der Waals surface area contributed by atoms with Gasteiger partial charge in [0.25, 0.3) is 5.91 Å². The number of piperazine rings is 1. The van der Waals surface area contributed by atoms with Gasteiger partial charge in [-0.25, -0.2) is 4.79 Å². The Morgan fingerprint density at radius 1 is 1.07 bits per heavy atom. The van der Waals surface area contributed by atoms with E-state index in [2.05, 4.69) is 11.1 Å². The second kappa shape index (κ2) is 5.59. The lowest BCUT2D eigenvalue weighted by molar-refractivity contribution is -0.566. The molecule has 3 aliphatic heterocycles. The van der Waals surface area contributed by atoms with Crippen LogP contribution in [-0.2, 0) is 16.0 Å². The minimum atomic E-state index is -0.469. The number of nitrogens with two attached hydrogens (primary N) is 1. The first kappa shape index (κ1) is 15.7. The smallest absolute Gasteiger partial charge is 0.333 e. The molecule has 7 nitrogen and oxygen atoms in total. The zero-order valence-corrected chi connectivity index (χ0v) is 15.0. The van der Waals surface area contributed by atoms with Crippen LogP contribution in [-0.4, -0.2) is 41.1 Å². The van der Waals surface area contributed by atoms with Gasteiger partial charge < -0.3 is 19.4 Å². The molecule has 0 bridgehead atoms. The molecule has 1 aromatic heterocycles. The van der Waals surface area contributed by atoms with Gasteiger partial charge >= 0.3 is 5.91 Å². The van der Waals surface area contributed by atoms with Crippen molar-refractivity contribution in [3.8, 4) is 11.5 Å². The molecule has 1 fully saturated rings. The van der Waals surface area contributed by atoms with Crippen LogP contribution in [0, 0.1) is 0 Å². The maximum atomic E-state index is 12.9. The van der Waals surface area contributed by atoms with E-state index in [9.17, 15) is 9.59 Å². The fourth-order valence-electron chi connectivity index (χ4n) is 4.68. The van der Waals surface area contributed by atoms with Crippen molar-refractivity contribution < 1.29 is 24.4 Å². The number of H-pyrrole nitrogens is 1. The number of carbonyl (C=O) groups excluding carboxylic acids is 2. The Labute approximate surface area is 160 Å². The molecule has 1 saturated heterocycles. The molecule has 2 aromatic carbocycles. The number of hydrogen-bond acceptors (Lipinski definition) is 4. The summed E-state index contributed by atoms with van der Waals surface area (Å²) < 4.78 is 11.0. The molecule has 3 aromatic rings. The van der Waals surface area contributed by atoms with Crippen LogP contribution in [0.25, 0.3) is 10.9 Å². The first-order valence-corrected chi connectivity index (χ1v) is 9.38. The van der Waals surface area contributed by atoms with E-state index in [1.807, 2.05) is 36.4 Å². The maximum absolute atomic E-state index is 12.9. The van der Waals surface area contributed by atoms with Gasteiger partial charge in [0.05, 0.1) is 6.04 Å². The molecule has 3 aliphatic rings. The molecule has 2 unspecified atom stereocenters.